The van der Waals surface area contributed by atoms with E-state index in [1.807, 2.05) is 18.4 Å². The maximum Gasteiger partial charge on any atom is 0.202 e. The highest BCUT2D eigenvalue weighted by molar-refractivity contribution is 6.31. The standard InChI is InChI=1S/C11H15ClN4O/c1-3-17-7(2)6-16-10-9(15-11(16)13)4-8(12)5-14-10/h4-5,7H,3,6H2,1-2H3,(H2,13,15). The van der Waals surface area contributed by atoms with Gasteiger partial charge in [0.2, 0.25) is 5.95 Å². The van der Waals surface area contributed by atoms with Gasteiger partial charge >= 0.3 is 0 Å². The number of nitrogen functional groups attached to an aromatic ring is 1. The molecule has 0 spiro atoms. The maximum absolute atomic E-state index is 5.86. The van der Waals surface area contributed by atoms with Gasteiger partial charge in [0, 0.05) is 12.8 Å². The van der Waals surface area contributed by atoms with Crippen molar-refractivity contribution in [2.24, 2.45) is 0 Å². The summed E-state index contributed by atoms with van der Waals surface area (Å²) < 4.78 is 7.32. The Hall–Kier alpha value is -1.33. The van der Waals surface area contributed by atoms with Crippen LogP contribution in [0.2, 0.25) is 5.02 Å². The molecular formula is C11H15ClN4O. The fraction of sp³-hybridized carbons (Fsp3) is 0.455. The largest absolute Gasteiger partial charge is 0.377 e. The SMILES string of the molecule is CCOC(C)Cn1c(N)nc2cc(Cl)cnc21. The third kappa shape index (κ3) is 2.50. The molecule has 2 aromatic heterocycles. The average molecular weight is 255 g/mol. The van der Waals surface area contributed by atoms with Crippen molar-refractivity contribution in [2.45, 2.75) is 26.5 Å². The van der Waals surface area contributed by atoms with Crippen LogP contribution in [-0.2, 0) is 11.3 Å². The van der Waals surface area contributed by atoms with Crippen LogP contribution in [0.1, 0.15) is 13.8 Å². The molecule has 0 aliphatic rings. The van der Waals surface area contributed by atoms with Crippen molar-refractivity contribution < 1.29 is 4.74 Å². The molecule has 6 heteroatoms. The number of hydrogen-bond donors (Lipinski definition) is 1. The van der Waals surface area contributed by atoms with E-state index >= 15 is 0 Å². The van der Waals surface area contributed by atoms with Crippen LogP contribution in [-0.4, -0.2) is 27.2 Å². The monoisotopic (exact) mass is 254 g/mol. The second-order valence-corrected chi connectivity index (χ2v) is 4.28. The average Bonchev–Trinajstić information content (AvgIpc) is 2.55. The molecule has 2 aromatic rings. The Morgan fingerprint density at radius 3 is 3.06 bits per heavy atom. The number of hydrogen-bond acceptors (Lipinski definition) is 4. The third-order valence-electron chi connectivity index (χ3n) is 2.47. The van der Waals surface area contributed by atoms with Crippen LogP contribution in [0.15, 0.2) is 12.3 Å². The van der Waals surface area contributed by atoms with E-state index in [0.29, 0.717) is 29.6 Å². The number of pyridine rings is 1. The second kappa shape index (κ2) is 4.89. The van der Waals surface area contributed by atoms with E-state index in [-0.39, 0.29) is 6.10 Å². The van der Waals surface area contributed by atoms with Gasteiger partial charge in [0.25, 0.3) is 0 Å². The summed E-state index contributed by atoms with van der Waals surface area (Å²) >= 11 is 5.86. The van der Waals surface area contributed by atoms with Crippen molar-refractivity contribution in [3.05, 3.63) is 17.3 Å². The molecular weight excluding hydrogens is 240 g/mol. The summed E-state index contributed by atoms with van der Waals surface area (Å²) in [6.45, 7) is 5.26. The van der Waals surface area contributed by atoms with E-state index in [1.54, 1.807) is 12.3 Å². The fourth-order valence-corrected chi connectivity index (χ4v) is 1.93. The Morgan fingerprint density at radius 2 is 2.35 bits per heavy atom. The van der Waals surface area contributed by atoms with Crippen molar-refractivity contribution in [1.82, 2.24) is 14.5 Å². The molecule has 0 aliphatic heterocycles. The van der Waals surface area contributed by atoms with Gasteiger partial charge in [0.15, 0.2) is 5.65 Å². The summed E-state index contributed by atoms with van der Waals surface area (Å²) in [7, 11) is 0. The smallest absolute Gasteiger partial charge is 0.202 e. The number of nitrogens with zero attached hydrogens (tertiary/aromatic N) is 3. The minimum Gasteiger partial charge on any atom is -0.377 e. The van der Waals surface area contributed by atoms with Crippen molar-refractivity contribution >= 4 is 28.7 Å². The normalized spacial score (nSPS) is 13.1. The zero-order chi connectivity index (χ0) is 12.4. The number of fused-ring (bicyclic) bond motifs is 1. The van der Waals surface area contributed by atoms with Crippen LogP contribution in [0.5, 0.6) is 0 Å². The number of rotatable bonds is 4. The Kier molecular flexibility index (Phi) is 3.49. The van der Waals surface area contributed by atoms with Gasteiger partial charge in [-0.15, -0.1) is 0 Å². The zero-order valence-corrected chi connectivity index (χ0v) is 10.6. The summed E-state index contributed by atoms with van der Waals surface area (Å²) in [6.07, 6.45) is 1.66. The van der Waals surface area contributed by atoms with Crippen LogP contribution in [0.4, 0.5) is 5.95 Å². The predicted octanol–water partition coefficient (Wildman–Crippen LogP) is 2.09. The minimum absolute atomic E-state index is 0.0668. The molecule has 92 valence electrons. The molecule has 0 saturated carbocycles. The molecule has 0 aliphatic carbocycles. The molecule has 0 aromatic carbocycles. The zero-order valence-electron chi connectivity index (χ0n) is 9.85. The predicted molar refractivity (Wildman–Crippen MR) is 68.0 cm³/mol. The highest BCUT2D eigenvalue weighted by atomic mass is 35.5. The summed E-state index contributed by atoms with van der Waals surface area (Å²) in [5, 5.41) is 0.556. The molecule has 5 nitrogen and oxygen atoms in total. The van der Waals surface area contributed by atoms with Crippen LogP contribution in [0.25, 0.3) is 11.2 Å². The molecule has 17 heavy (non-hydrogen) atoms. The molecule has 1 unspecified atom stereocenters. The van der Waals surface area contributed by atoms with Gasteiger partial charge in [0.1, 0.15) is 5.52 Å². The van der Waals surface area contributed by atoms with Crippen molar-refractivity contribution in [1.29, 1.82) is 0 Å². The molecule has 0 amide bonds. The van der Waals surface area contributed by atoms with E-state index in [9.17, 15) is 0 Å². The number of anilines is 1. The molecule has 0 bridgehead atoms. The highest BCUT2D eigenvalue weighted by Crippen LogP contribution is 2.19. The lowest BCUT2D eigenvalue weighted by atomic mass is 10.4. The molecule has 0 saturated heterocycles. The molecule has 2 rings (SSSR count). The third-order valence-corrected chi connectivity index (χ3v) is 2.68. The van der Waals surface area contributed by atoms with Crippen molar-refractivity contribution in [3.8, 4) is 0 Å². The number of halogens is 1. The highest BCUT2D eigenvalue weighted by Gasteiger charge is 2.12. The number of aromatic nitrogens is 3. The topological polar surface area (TPSA) is 66.0 Å². The van der Waals surface area contributed by atoms with E-state index < -0.39 is 0 Å². The Labute approximate surface area is 105 Å². The van der Waals surface area contributed by atoms with Gasteiger partial charge < -0.3 is 10.5 Å². The molecule has 1 atom stereocenters. The number of imidazole rings is 1. The first-order valence-corrected chi connectivity index (χ1v) is 5.88. The molecule has 2 heterocycles. The summed E-state index contributed by atoms with van der Waals surface area (Å²) in [5.41, 5.74) is 7.30. The lowest BCUT2D eigenvalue weighted by molar-refractivity contribution is 0.0651. The Morgan fingerprint density at radius 1 is 1.59 bits per heavy atom. The molecule has 0 radical (unpaired) electrons. The Balaban J connectivity index is 2.36. The van der Waals surface area contributed by atoms with Crippen LogP contribution < -0.4 is 5.73 Å². The van der Waals surface area contributed by atoms with Gasteiger partial charge in [-0.2, -0.15) is 0 Å². The van der Waals surface area contributed by atoms with Crippen molar-refractivity contribution in [3.63, 3.8) is 0 Å². The van der Waals surface area contributed by atoms with E-state index in [0.717, 1.165) is 5.65 Å². The van der Waals surface area contributed by atoms with Gasteiger partial charge in [-0.05, 0) is 19.9 Å². The Bertz CT molecular complexity index is 525. The van der Waals surface area contributed by atoms with Gasteiger partial charge in [-0.25, -0.2) is 9.97 Å². The van der Waals surface area contributed by atoms with E-state index in [1.165, 1.54) is 0 Å². The lowest BCUT2D eigenvalue weighted by Gasteiger charge is -2.13. The van der Waals surface area contributed by atoms with Crippen LogP contribution in [0, 0.1) is 0 Å². The molecule has 0 fully saturated rings. The second-order valence-electron chi connectivity index (χ2n) is 3.84. The first kappa shape index (κ1) is 12.1. The molecule has 2 N–H and O–H groups in total. The number of nitrogens with two attached hydrogens (primary N) is 1. The van der Waals surface area contributed by atoms with Crippen LogP contribution in [0.3, 0.4) is 0 Å². The first-order chi connectivity index (χ1) is 8.11. The quantitative estimate of drug-likeness (QED) is 0.907. The maximum atomic E-state index is 5.86. The first-order valence-electron chi connectivity index (χ1n) is 5.50. The summed E-state index contributed by atoms with van der Waals surface area (Å²) in [6, 6.07) is 1.75. The van der Waals surface area contributed by atoms with Gasteiger partial charge in [0.05, 0.1) is 17.7 Å². The van der Waals surface area contributed by atoms with Gasteiger partial charge in [-0.1, -0.05) is 11.6 Å². The number of ether oxygens (including phenoxy) is 1. The van der Waals surface area contributed by atoms with E-state index in [4.69, 9.17) is 22.1 Å². The summed E-state index contributed by atoms with van der Waals surface area (Å²) in [4.78, 5) is 8.47. The van der Waals surface area contributed by atoms with E-state index in [2.05, 4.69) is 9.97 Å². The fourth-order valence-electron chi connectivity index (χ4n) is 1.78. The van der Waals surface area contributed by atoms with Crippen LogP contribution >= 0.6 is 11.6 Å². The van der Waals surface area contributed by atoms with Gasteiger partial charge in [-0.3, -0.25) is 4.57 Å². The lowest BCUT2D eigenvalue weighted by Crippen LogP contribution is -2.18. The summed E-state index contributed by atoms with van der Waals surface area (Å²) in [5.74, 6) is 0.432. The van der Waals surface area contributed by atoms with Crippen molar-refractivity contribution in [2.75, 3.05) is 12.3 Å². The minimum atomic E-state index is 0.0668.